The van der Waals surface area contributed by atoms with Crippen LogP contribution in [0.25, 0.3) is 0 Å². The van der Waals surface area contributed by atoms with Crippen molar-refractivity contribution in [1.82, 2.24) is 4.90 Å². The average Bonchev–Trinajstić information content (AvgIpc) is 2.35. The molecule has 0 unspecified atom stereocenters. The molecular weight excluding hydrogens is 228 g/mol. The number of methoxy groups -OCH3 is 1. The molecule has 0 saturated carbocycles. The third-order valence-electron chi connectivity index (χ3n) is 3.06. The predicted octanol–water partition coefficient (Wildman–Crippen LogP) is 2.37. The zero-order valence-corrected chi connectivity index (χ0v) is 11.6. The number of benzene rings is 1. The highest BCUT2D eigenvalue weighted by Gasteiger charge is 2.09. The van der Waals surface area contributed by atoms with Crippen molar-refractivity contribution < 1.29 is 9.53 Å². The van der Waals surface area contributed by atoms with Crippen LogP contribution in [0.2, 0.25) is 0 Å². The Morgan fingerprint density at radius 1 is 1.44 bits per heavy atom. The number of likely N-dealkylation sites (N-methyl/N-ethyl adjacent to an activating group) is 1. The van der Waals surface area contributed by atoms with Gasteiger partial charge in [0.05, 0.1) is 7.11 Å². The van der Waals surface area contributed by atoms with E-state index in [9.17, 15) is 4.79 Å². The summed E-state index contributed by atoms with van der Waals surface area (Å²) in [7, 11) is 3.35. The number of primary amides is 1. The van der Waals surface area contributed by atoms with E-state index in [-0.39, 0.29) is 0 Å². The number of carbonyl (C=O) groups excluding carboxylic acids is 1. The number of hydrogen-bond donors (Lipinski definition) is 1. The zero-order chi connectivity index (χ0) is 13.7. The maximum Gasteiger partial charge on any atom is 0.314 e. The van der Waals surface area contributed by atoms with Gasteiger partial charge in [0.15, 0.2) is 0 Å². The molecule has 0 radical (unpaired) electrons. The van der Waals surface area contributed by atoms with Gasteiger partial charge in [0.2, 0.25) is 0 Å². The minimum Gasteiger partial charge on any atom is -0.496 e. The summed E-state index contributed by atoms with van der Waals surface area (Å²) in [5, 5.41) is 0. The number of rotatable bonds is 5. The van der Waals surface area contributed by atoms with Gasteiger partial charge in [0, 0.05) is 13.6 Å². The molecular formula is C14H22N2O2. The molecule has 18 heavy (non-hydrogen) atoms. The van der Waals surface area contributed by atoms with Gasteiger partial charge in [0.25, 0.3) is 0 Å². The first-order valence-corrected chi connectivity index (χ1v) is 6.13. The SMILES string of the molecule is COc1ccc(C(C)C)cc1CCN(C)C(N)=O. The zero-order valence-electron chi connectivity index (χ0n) is 11.6. The van der Waals surface area contributed by atoms with Crippen LogP contribution in [0.5, 0.6) is 5.75 Å². The molecule has 2 amide bonds. The van der Waals surface area contributed by atoms with Crippen molar-refractivity contribution in [3.05, 3.63) is 29.3 Å². The number of hydrogen-bond acceptors (Lipinski definition) is 2. The minimum atomic E-state index is -0.408. The molecule has 0 aliphatic rings. The van der Waals surface area contributed by atoms with E-state index >= 15 is 0 Å². The van der Waals surface area contributed by atoms with Gasteiger partial charge in [-0.15, -0.1) is 0 Å². The van der Waals surface area contributed by atoms with E-state index in [4.69, 9.17) is 10.5 Å². The quantitative estimate of drug-likeness (QED) is 0.872. The summed E-state index contributed by atoms with van der Waals surface area (Å²) in [5.74, 6) is 1.33. The van der Waals surface area contributed by atoms with Crippen LogP contribution in [0, 0.1) is 0 Å². The highest BCUT2D eigenvalue weighted by atomic mass is 16.5. The van der Waals surface area contributed by atoms with Crippen molar-refractivity contribution in [2.75, 3.05) is 20.7 Å². The number of urea groups is 1. The van der Waals surface area contributed by atoms with Gasteiger partial charge in [-0.05, 0) is 29.5 Å². The van der Waals surface area contributed by atoms with Gasteiger partial charge >= 0.3 is 6.03 Å². The first kappa shape index (κ1) is 14.4. The van der Waals surface area contributed by atoms with Crippen LogP contribution in [-0.4, -0.2) is 31.6 Å². The smallest absolute Gasteiger partial charge is 0.314 e. The van der Waals surface area contributed by atoms with Crippen LogP contribution in [0.3, 0.4) is 0 Å². The van der Waals surface area contributed by atoms with Crippen molar-refractivity contribution in [3.63, 3.8) is 0 Å². The molecule has 0 saturated heterocycles. The van der Waals surface area contributed by atoms with Crippen molar-refractivity contribution in [2.24, 2.45) is 5.73 Å². The first-order valence-electron chi connectivity index (χ1n) is 6.13. The summed E-state index contributed by atoms with van der Waals surface area (Å²) in [4.78, 5) is 12.5. The lowest BCUT2D eigenvalue weighted by Crippen LogP contribution is -2.33. The number of ether oxygens (including phenoxy) is 1. The van der Waals surface area contributed by atoms with E-state index in [0.717, 1.165) is 17.7 Å². The van der Waals surface area contributed by atoms with Crippen molar-refractivity contribution >= 4 is 6.03 Å². The molecule has 0 aromatic heterocycles. The minimum absolute atomic E-state index is 0.408. The Kier molecular flexibility index (Phi) is 5.01. The average molecular weight is 250 g/mol. The summed E-state index contributed by atoms with van der Waals surface area (Å²) >= 11 is 0. The van der Waals surface area contributed by atoms with Crippen molar-refractivity contribution in [1.29, 1.82) is 0 Å². The van der Waals surface area contributed by atoms with Gasteiger partial charge in [-0.2, -0.15) is 0 Å². The molecule has 0 atom stereocenters. The first-order chi connectivity index (χ1) is 8.45. The summed E-state index contributed by atoms with van der Waals surface area (Å²) in [6, 6.07) is 5.78. The van der Waals surface area contributed by atoms with E-state index in [1.807, 2.05) is 6.07 Å². The lowest BCUT2D eigenvalue weighted by molar-refractivity contribution is 0.219. The molecule has 0 heterocycles. The molecule has 2 N–H and O–H groups in total. The molecule has 1 rings (SSSR count). The molecule has 1 aromatic rings. The molecule has 0 fully saturated rings. The Morgan fingerprint density at radius 2 is 2.11 bits per heavy atom. The monoisotopic (exact) mass is 250 g/mol. The fraction of sp³-hybridized carbons (Fsp3) is 0.500. The maximum absolute atomic E-state index is 11.0. The molecule has 4 heteroatoms. The van der Waals surface area contributed by atoms with Crippen molar-refractivity contribution in [3.8, 4) is 5.75 Å². The topological polar surface area (TPSA) is 55.6 Å². The Hall–Kier alpha value is -1.71. The van der Waals surface area contributed by atoms with Crippen LogP contribution in [0.4, 0.5) is 4.79 Å². The third-order valence-corrected chi connectivity index (χ3v) is 3.06. The summed E-state index contributed by atoms with van der Waals surface area (Å²) in [6.07, 6.45) is 0.739. The second kappa shape index (κ2) is 6.28. The number of carbonyl (C=O) groups is 1. The second-order valence-corrected chi connectivity index (χ2v) is 4.74. The maximum atomic E-state index is 11.0. The number of nitrogens with zero attached hydrogens (tertiary/aromatic N) is 1. The van der Waals surface area contributed by atoms with Gasteiger partial charge in [-0.3, -0.25) is 0 Å². The summed E-state index contributed by atoms with van der Waals surface area (Å²) in [5.41, 5.74) is 7.58. The van der Waals surface area contributed by atoms with Gasteiger partial charge in [-0.1, -0.05) is 26.0 Å². The standard InChI is InChI=1S/C14H22N2O2/c1-10(2)11-5-6-13(18-4)12(9-11)7-8-16(3)14(15)17/h5-6,9-10H,7-8H2,1-4H3,(H2,15,17). The van der Waals surface area contributed by atoms with Crippen LogP contribution in [0.1, 0.15) is 30.9 Å². The van der Waals surface area contributed by atoms with Gasteiger partial charge in [0.1, 0.15) is 5.75 Å². The molecule has 1 aromatic carbocycles. The fourth-order valence-corrected chi connectivity index (χ4v) is 1.75. The van der Waals surface area contributed by atoms with Crippen LogP contribution >= 0.6 is 0 Å². The van der Waals surface area contributed by atoms with Gasteiger partial charge in [-0.25, -0.2) is 4.79 Å². The Labute approximate surface area is 109 Å². The fourth-order valence-electron chi connectivity index (χ4n) is 1.75. The number of nitrogens with two attached hydrogens (primary N) is 1. The molecule has 0 aliphatic carbocycles. The second-order valence-electron chi connectivity index (χ2n) is 4.74. The largest absolute Gasteiger partial charge is 0.496 e. The van der Waals surface area contributed by atoms with E-state index in [0.29, 0.717) is 12.5 Å². The lowest BCUT2D eigenvalue weighted by atomic mass is 9.99. The Morgan fingerprint density at radius 3 is 2.61 bits per heavy atom. The molecule has 0 bridgehead atoms. The van der Waals surface area contributed by atoms with Crippen LogP contribution in [0.15, 0.2) is 18.2 Å². The van der Waals surface area contributed by atoms with Gasteiger partial charge < -0.3 is 15.4 Å². The van der Waals surface area contributed by atoms with Crippen LogP contribution in [-0.2, 0) is 6.42 Å². The highest BCUT2D eigenvalue weighted by Crippen LogP contribution is 2.24. The normalized spacial score (nSPS) is 10.5. The third kappa shape index (κ3) is 3.65. The van der Waals surface area contributed by atoms with E-state index < -0.39 is 6.03 Å². The molecule has 4 nitrogen and oxygen atoms in total. The molecule has 0 aliphatic heterocycles. The summed E-state index contributed by atoms with van der Waals surface area (Å²) in [6.45, 7) is 4.90. The van der Waals surface area contributed by atoms with E-state index in [2.05, 4.69) is 26.0 Å². The number of amides is 2. The molecule has 100 valence electrons. The lowest BCUT2D eigenvalue weighted by Gasteiger charge is -2.17. The van der Waals surface area contributed by atoms with Crippen LogP contribution < -0.4 is 10.5 Å². The van der Waals surface area contributed by atoms with E-state index in [1.165, 1.54) is 10.5 Å². The Bertz CT molecular complexity index is 416. The van der Waals surface area contributed by atoms with E-state index in [1.54, 1.807) is 14.2 Å². The van der Waals surface area contributed by atoms with Crippen molar-refractivity contribution in [2.45, 2.75) is 26.2 Å². The Balaban J connectivity index is 2.84. The predicted molar refractivity (Wildman–Crippen MR) is 73.0 cm³/mol. The highest BCUT2D eigenvalue weighted by molar-refractivity contribution is 5.71. The summed E-state index contributed by atoms with van der Waals surface area (Å²) < 4.78 is 5.34. The molecule has 0 spiro atoms.